The van der Waals surface area contributed by atoms with Gasteiger partial charge in [-0.05, 0) is 132 Å². The second kappa shape index (κ2) is 11.0. The molecular weight excluding hydrogens is 681 g/mol. The third kappa shape index (κ3) is 4.00. The molecule has 8 unspecified atom stereocenters. The van der Waals surface area contributed by atoms with E-state index < -0.39 is 0 Å². The molecule has 0 amide bonds. The summed E-state index contributed by atoms with van der Waals surface area (Å²) in [6, 6.07) is 16.9. The predicted octanol–water partition coefficient (Wildman–Crippen LogP) is 12.6. The maximum Gasteiger partial charge on any atom is 0.0778 e. The first-order chi connectivity index (χ1) is 27.7. The summed E-state index contributed by atoms with van der Waals surface area (Å²) in [6.07, 6.45) is 30.7. The van der Waals surface area contributed by atoms with Gasteiger partial charge >= 0.3 is 0 Å². The smallest absolute Gasteiger partial charge is 0.0778 e. The second-order valence-corrected chi connectivity index (χ2v) is 18.5. The number of aromatic nitrogens is 4. The maximum atomic E-state index is 5.89. The largest absolute Gasteiger partial charge is 0.355 e. The lowest BCUT2D eigenvalue weighted by Crippen LogP contribution is -2.20. The molecule has 2 aliphatic heterocycles. The summed E-state index contributed by atoms with van der Waals surface area (Å²) in [5, 5.41) is 0. The molecule has 56 heavy (non-hydrogen) atoms. The minimum atomic E-state index is 0.382. The summed E-state index contributed by atoms with van der Waals surface area (Å²) in [5.41, 5.74) is 25.6. The van der Waals surface area contributed by atoms with Crippen molar-refractivity contribution in [3.63, 3.8) is 0 Å². The van der Waals surface area contributed by atoms with Crippen molar-refractivity contribution in [2.75, 3.05) is 0 Å². The van der Waals surface area contributed by atoms with Crippen LogP contribution in [-0.2, 0) is 6.42 Å². The Labute approximate surface area is 328 Å². The molecule has 12 aliphatic carbocycles. The minimum Gasteiger partial charge on any atom is -0.355 e. The Morgan fingerprint density at radius 1 is 0.446 bits per heavy atom. The zero-order chi connectivity index (χ0) is 36.4. The molecule has 1 aromatic carbocycles. The first kappa shape index (κ1) is 30.9. The van der Waals surface area contributed by atoms with E-state index in [2.05, 4.69) is 108 Å². The van der Waals surface area contributed by atoms with Crippen molar-refractivity contribution in [2.24, 2.45) is 23.7 Å². The maximum absolute atomic E-state index is 5.89. The average molecular weight is 727 g/mol. The molecule has 16 bridgehead atoms. The van der Waals surface area contributed by atoms with Crippen molar-refractivity contribution in [3.8, 4) is 11.1 Å². The monoisotopic (exact) mass is 726 g/mol. The van der Waals surface area contributed by atoms with Crippen LogP contribution in [0.1, 0.15) is 133 Å². The molecule has 18 rings (SSSR count). The highest BCUT2D eigenvalue weighted by molar-refractivity contribution is 6.06. The molecule has 4 heteroatoms. The second-order valence-electron chi connectivity index (χ2n) is 18.5. The molecule has 0 spiro atoms. The van der Waals surface area contributed by atoms with Crippen molar-refractivity contribution in [3.05, 3.63) is 142 Å². The number of allylic oxidation sites excluding steroid dienone is 12. The van der Waals surface area contributed by atoms with Gasteiger partial charge in [0.05, 0.1) is 22.8 Å². The van der Waals surface area contributed by atoms with E-state index in [1.165, 1.54) is 157 Å². The molecule has 0 saturated carbocycles. The summed E-state index contributed by atoms with van der Waals surface area (Å²) >= 11 is 0. The van der Waals surface area contributed by atoms with Gasteiger partial charge in [-0.1, -0.05) is 79.8 Å². The van der Waals surface area contributed by atoms with E-state index >= 15 is 0 Å². The molecule has 0 radical (unpaired) electrons. The number of fused-ring (bicyclic) bond motifs is 12. The fourth-order valence-electron chi connectivity index (χ4n) is 13.3. The Morgan fingerprint density at radius 2 is 0.804 bits per heavy atom. The number of nitrogens with one attached hydrogen (secondary N) is 2. The molecule has 8 atom stereocenters. The number of hydrogen-bond donors (Lipinski definition) is 2. The van der Waals surface area contributed by atoms with E-state index in [0.717, 1.165) is 6.42 Å². The number of benzene rings is 1. The Bertz CT molecular complexity index is 2680. The van der Waals surface area contributed by atoms with Crippen LogP contribution in [0.15, 0.2) is 91.1 Å². The Hall–Kier alpha value is -5.22. The van der Waals surface area contributed by atoms with Crippen LogP contribution < -0.4 is 0 Å². The van der Waals surface area contributed by atoms with Crippen molar-refractivity contribution < 1.29 is 0 Å². The highest BCUT2D eigenvalue weighted by atomic mass is 14.8. The molecule has 2 N–H and O–H groups in total. The van der Waals surface area contributed by atoms with Gasteiger partial charge in [-0.15, -0.1) is 0 Å². The van der Waals surface area contributed by atoms with E-state index in [-0.39, 0.29) is 0 Å². The standard InChI is InChI=1S/C52H46N4/c1-2-26-3-5-35(6-4-26)50-51-48-33-19-15-31(16-20-33)46(48)40(55-51)24-38-44-29-11-7-27(8-12-29)42(44)36(53-38)23-37-43-28-9-13-30(14-10-28)45(43)39(54-37)25-41-47-32-17-21-34(22-18-32)49(47)52(50)56-41/h3-7,9,11,13,15,17,19,21,23-25,27-34,53-54H,2,8,10,12,14,16,18,20,22H2,1H3. The van der Waals surface area contributed by atoms with Gasteiger partial charge in [0.25, 0.3) is 0 Å². The quantitative estimate of drug-likeness (QED) is 0.202. The molecular formula is C52H46N4. The van der Waals surface area contributed by atoms with Gasteiger partial charge in [-0.25, -0.2) is 9.97 Å². The summed E-state index contributed by atoms with van der Waals surface area (Å²) in [4.78, 5) is 20.0. The molecule has 274 valence electrons. The molecule has 4 nitrogen and oxygen atoms in total. The SMILES string of the molecule is CCc1ccc(-c2c3nc(cc4[nH]c(cc5[nH]c(cc6nc2C2=C6C6C=CC2CC6)c2c5C5C=CC2CC5)c2c4C4C=CC2CC4)C2=C3C3C=CC2CC3)cc1. The first-order valence-corrected chi connectivity index (χ1v) is 21.8. The number of H-pyrrole nitrogens is 2. The molecule has 4 aromatic rings. The Kier molecular flexibility index (Phi) is 6.08. The van der Waals surface area contributed by atoms with Crippen LogP contribution in [0, 0.1) is 23.7 Å². The molecule has 0 fully saturated rings. The Balaban J connectivity index is 1.18. The minimum absolute atomic E-state index is 0.382. The number of aryl methyl sites for hydroxylation is 1. The third-order valence-corrected chi connectivity index (χ3v) is 15.8. The highest BCUT2D eigenvalue weighted by Crippen LogP contribution is 2.58. The van der Waals surface area contributed by atoms with Gasteiger partial charge < -0.3 is 9.97 Å². The van der Waals surface area contributed by atoms with Crippen molar-refractivity contribution in [2.45, 2.75) is 88.4 Å². The van der Waals surface area contributed by atoms with Gasteiger partial charge in [0, 0.05) is 75.0 Å². The van der Waals surface area contributed by atoms with Gasteiger partial charge in [0.1, 0.15) is 0 Å². The van der Waals surface area contributed by atoms with Gasteiger partial charge in [-0.2, -0.15) is 0 Å². The number of aromatic amines is 2. The number of rotatable bonds is 2. The van der Waals surface area contributed by atoms with E-state index in [0.29, 0.717) is 47.3 Å². The number of nitrogens with zero attached hydrogens (tertiary/aromatic N) is 2. The molecule has 0 saturated heterocycles. The normalized spacial score (nSPS) is 30.4. The van der Waals surface area contributed by atoms with E-state index in [9.17, 15) is 0 Å². The van der Waals surface area contributed by atoms with E-state index in [1.807, 2.05) is 0 Å². The molecule has 14 aliphatic rings. The number of hydrogen-bond acceptors (Lipinski definition) is 2. The summed E-state index contributed by atoms with van der Waals surface area (Å²) in [5.74, 6) is 3.38. The predicted molar refractivity (Wildman–Crippen MR) is 228 cm³/mol. The van der Waals surface area contributed by atoms with E-state index in [1.54, 1.807) is 0 Å². The average Bonchev–Trinajstić information content (AvgIpc) is 4.05. The van der Waals surface area contributed by atoms with Crippen LogP contribution in [-0.4, -0.2) is 19.9 Å². The Morgan fingerprint density at radius 3 is 1.18 bits per heavy atom. The highest BCUT2D eigenvalue weighted by Gasteiger charge is 2.43. The third-order valence-electron chi connectivity index (χ3n) is 15.8. The van der Waals surface area contributed by atoms with Crippen LogP contribution in [0.3, 0.4) is 0 Å². The van der Waals surface area contributed by atoms with Crippen LogP contribution in [0.2, 0.25) is 0 Å². The van der Waals surface area contributed by atoms with Crippen molar-refractivity contribution in [1.29, 1.82) is 0 Å². The zero-order valence-electron chi connectivity index (χ0n) is 32.0. The fourth-order valence-corrected chi connectivity index (χ4v) is 13.3. The lowest BCUT2D eigenvalue weighted by atomic mass is 9.68. The summed E-state index contributed by atoms with van der Waals surface area (Å²) in [6.45, 7) is 2.26. The first-order valence-electron chi connectivity index (χ1n) is 21.8. The van der Waals surface area contributed by atoms with Gasteiger partial charge in [0.2, 0.25) is 0 Å². The molecule has 3 aromatic heterocycles. The summed E-state index contributed by atoms with van der Waals surface area (Å²) in [7, 11) is 0. The van der Waals surface area contributed by atoms with E-state index in [4.69, 9.17) is 9.97 Å². The van der Waals surface area contributed by atoms with Crippen molar-refractivity contribution >= 4 is 44.4 Å². The van der Waals surface area contributed by atoms with Gasteiger partial charge in [0.15, 0.2) is 0 Å². The van der Waals surface area contributed by atoms with Crippen LogP contribution >= 0.6 is 0 Å². The lowest BCUT2D eigenvalue weighted by molar-refractivity contribution is 0.557. The summed E-state index contributed by atoms with van der Waals surface area (Å²) < 4.78 is 0. The zero-order valence-corrected chi connectivity index (χ0v) is 32.0. The fraction of sp³-hybridized carbons (Fsp3) is 0.346. The van der Waals surface area contributed by atoms with Gasteiger partial charge in [-0.3, -0.25) is 0 Å². The lowest BCUT2D eigenvalue weighted by Gasteiger charge is -2.34. The van der Waals surface area contributed by atoms with Crippen LogP contribution in [0.5, 0.6) is 0 Å². The topological polar surface area (TPSA) is 57.4 Å². The molecule has 5 heterocycles. The van der Waals surface area contributed by atoms with Crippen LogP contribution in [0.4, 0.5) is 0 Å². The van der Waals surface area contributed by atoms with Crippen LogP contribution in [0.25, 0.3) is 55.5 Å². The van der Waals surface area contributed by atoms with Crippen molar-refractivity contribution in [1.82, 2.24) is 19.9 Å².